The molecule has 53 heavy (non-hydrogen) atoms. The van der Waals surface area contributed by atoms with Gasteiger partial charge in [-0.1, -0.05) is 20.8 Å². The van der Waals surface area contributed by atoms with E-state index in [9.17, 15) is 49.1 Å². The van der Waals surface area contributed by atoms with E-state index in [1.165, 1.54) is 36.2 Å². The number of carbonyl (C=O) groups is 2. The Labute approximate surface area is 300 Å². The molecule has 3 aromatic rings. The highest BCUT2D eigenvalue weighted by Gasteiger charge is 2.42. The van der Waals surface area contributed by atoms with Gasteiger partial charge in [0.05, 0.1) is 61.1 Å². The largest absolute Gasteiger partial charge is 0.490 e. The number of hydrogen-bond donors (Lipinski definition) is 0. The van der Waals surface area contributed by atoms with Crippen molar-refractivity contribution in [2.75, 3.05) is 30.1 Å². The van der Waals surface area contributed by atoms with Crippen LogP contribution in [0.5, 0.6) is 5.75 Å². The van der Waals surface area contributed by atoms with E-state index in [4.69, 9.17) is 9.47 Å². The third kappa shape index (κ3) is 10.9. The topological polar surface area (TPSA) is 94.1 Å². The molecule has 4 rings (SSSR count). The molecule has 292 valence electrons. The molecule has 0 saturated carbocycles. The third-order valence-electron chi connectivity index (χ3n) is 8.04. The lowest BCUT2D eigenvalue weighted by atomic mass is 9.87. The van der Waals surface area contributed by atoms with Crippen LogP contribution in [-0.4, -0.2) is 48.4 Å². The van der Waals surface area contributed by atoms with Crippen LogP contribution in [0.25, 0.3) is 0 Å². The Kier molecular flexibility index (Phi) is 14.3. The van der Waals surface area contributed by atoms with Gasteiger partial charge in [0, 0.05) is 19.0 Å². The molecule has 1 aliphatic heterocycles. The predicted octanol–water partition coefficient (Wildman–Crippen LogP) is 9.78. The van der Waals surface area contributed by atoms with E-state index in [0.29, 0.717) is 12.1 Å². The van der Waals surface area contributed by atoms with E-state index in [1.54, 1.807) is 6.92 Å². The molecule has 0 fully saturated rings. The number of nitrogens with zero attached hydrogens (tertiary/aromatic N) is 4. The van der Waals surface area contributed by atoms with E-state index in [2.05, 4.69) is 14.7 Å². The molecule has 0 aliphatic carbocycles. The molecule has 2 unspecified atom stereocenters. The first-order chi connectivity index (χ1) is 24.9. The number of esters is 1. The summed E-state index contributed by atoms with van der Waals surface area (Å²) >= 11 is 0. The number of hydrogen-bond acceptors (Lipinski definition) is 8. The number of carbonyl (C=O) groups excluding carboxylic acids is 2. The van der Waals surface area contributed by atoms with Gasteiger partial charge < -0.3 is 19.1 Å². The summed E-state index contributed by atoms with van der Waals surface area (Å²) in [4.78, 5) is 35.3. The minimum atomic E-state index is -5.17. The molecular formula is C35H39F9N4O5. The maximum Gasteiger partial charge on any atom is 0.416 e. The van der Waals surface area contributed by atoms with Gasteiger partial charge in [-0.2, -0.15) is 39.5 Å². The summed E-state index contributed by atoms with van der Waals surface area (Å²) in [7, 11) is 1.22. The number of anilines is 2. The van der Waals surface area contributed by atoms with E-state index in [1.807, 2.05) is 13.8 Å². The first kappa shape index (κ1) is 42.6. The van der Waals surface area contributed by atoms with Crippen molar-refractivity contribution in [3.8, 4) is 5.75 Å². The number of fused-ring (bicyclic) bond motifs is 1. The first-order valence-corrected chi connectivity index (χ1v) is 16.6. The van der Waals surface area contributed by atoms with Crippen LogP contribution < -0.4 is 14.5 Å². The monoisotopic (exact) mass is 766 g/mol. The Morgan fingerprint density at radius 3 is 1.96 bits per heavy atom. The zero-order valence-electron chi connectivity index (χ0n) is 29.5. The summed E-state index contributed by atoms with van der Waals surface area (Å²) < 4.78 is 140. The second-order valence-corrected chi connectivity index (χ2v) is 11.4. The lowest BCUT2D eigenvalue weighted by molar-refractivity contribution is -0.143. The van der Waals surface area contributed by atoms with Crippen molar-refractivity contribution < 1.29 is 63.3 Å². The van der Waals surface area contributed by atoms with Gasteiger partial charge in [-0.05, 0) is 73.7 Å². The van der Waals surface area contributed by atoms with E-state index >= 15 is 0 Å². The molecule has 1 aliphatic rings. The maximum atomic E-state index is 14.0. The Morgan fingerprint density at radius 1 is 0.868 bits per heavy atom. The number of methoxy groups -OCH3 is 1. The summed E-state index contributed by atoms with van der Waals surface area (Å²) in [6.07, 6.45) is -13.3. The molecule has 1 amide bonds. The molecule has 2 atom stereocenters. The van der Waals surface area contributed by atoms with Gasteiger partial charge in [-0.3, -0.25) is 9.69 Å². The van der Waals surface area contributed by atoms with E-state index in [0.717, 1.165) is 18.2 Å². The van der Waals surface area contributed by atoms with Crippen molar-refractivity contribution in [3.05, 3.63) is 76.6 Å². The average molecular weight is 767 g/mol. The van der Waals surface area contributed by atoms with Crippen molar-refractivity contribution >= 4 is 23.7 Å². The first-order valence-electron chi connectivity index (χ1n) is 16.6. The molecule has 18 heteroatoms. The molecule has 1 aromatic heterocycles. The molecule has 0 spiro atoms. The van der Waals surface area contributed by atoms with Crippen LogP contribution in [0.4, 0.5) is 55.9 Å². The molecule has 2 aromatic carbocycles. The summed E-state index contributed by atoms with van der Waals surface area (Å²) in [5, 5.41) is 0. The minimum absolute atomic E-state index is 0.000122. The number of amides is 1. The number of rotatable bonds is 11. The van der Waals surface area contributed by atoms with Crippen molar-refractivity contribution in [3.63, 3.8) is 0 Å². The number of halogens is 9. The molecule has 0 saturated heterocycles. The Bertz CT molecular complexity index is 1650. The van der Waals surface area contributed by atoms with Crippen LogP contribution in [0.3, 0.4) is 0 Å². The zero-order valence-corrected chi connectivity index (χ0v) is 29.5. The predicted molar refractivity (Wildman–Crippen MR) is 175 cm³/mol. The lowest BCUT2D eigenvalue weighted by Crippen LogP contribution is -2.48. The van der Waals surface area contributed by atoms with Crippen molar-refractivity contribution in [1.29, 1.82) is 0 Å². The maximum absolute atomic E-state index is 14.0. The van der Waals surface area contributed by atoms with E-state index < -0.39 is 71.5 Å². The summed E-state index contributed by atoms with van der Waals surface area (Å²) in [5.41, 5.74) is -4.89. The van der Waals surface area contributed by atoms with Crippen LogP contribution in [0, 0.1) is 0 Å². The summed E-state index contributed by atoms with van der Waals surface area (Å²) in [6, 6.07) is 1.66. The van der Waals surface area contributed by atoms with Crippen LogP contribution >= 0.6 is 0 Å². The fraction of sp³-hybridized carbons (Fsp3) is 0.486. The van der Waals surface area contributed by atoms with Crippen molar-refractivity contribution in [1.82, 2.24) is 9.97 Å². The summed E-state index contributed by atoms with van der Waals surface area (Å²) in [5.74, 6) is -0.654. The standard InChI is InChI=1S/C33H33F9N4O5.C2H6/c1-4-23-15-27(25-14-20(31(34,35)36)8-9-26(25)46(23)30(48)50-5-2)45(29-43-16-24(17-44-29)51-10-6-7-28(47)49-3)18-19-11-21(32(37,38)39)13-22(12-19)33(40,41)42;1-2/h8-9,11-14,16-17,23,27H,4-7,10,15,18H2,1-3H3;1-2H3. The van der Waals surface area contributed by atoms with Crippen molar-refractivity contribution in [2.24, 2.45) is 0 Å². The quantitative estimate of drug-likeness (QED) is 0.108. The summed E-state index contributed by atoms with van der Waals surface area (Å²) in [6.45, 7) is 6.49. The molecule has 0 radical (unpaired) electrons. The Balaban J connectivity index is 0.00000372. The van der Waals surface area contributed by atoms with Gasteiger partial charge in [-0.15, -0.1) is 0 Å². The van der Waals surface area contributed by atoms with Crippen LogP contribution in [-0.2, 0) is 39.3 Å². The third-order valence-corrected chi connectivity index (χ3v) is 8.04. The van der Waals surface area contributed by atoms with Crippen LogP contribution in [0.1, 0.15) is 87.2 Å². The van der Waals surface area contributed by atoms with Crippen LogP contribution in [0.2, 0.25) is 0 Å². The highest BCUT2D eigenvalue weighted by Crippen LogP contribution is 2.46. The Hall–Kier alpha value is -4.77. The van der Waals surface area contributed by atoms with Gasteiger partial charge in [0.2, 0.25) is 5.95 Å². The van der Waals surface area contributed by atoms with Gasteiger partial charge in [0.15, 0.2) is 5.75 Å². The number of benzene rings is 2. The number of alkyl halides is 9. The molecule has 9 nitrogen and oxygen atoms in total. The van der Waals surface area contributed by atoms with Gasteiger partial charge in [0.1, 0.15) is 0 Å². The van der Waals surface area contributed by atoms with E-state index in [-0.39, 0.29) is 67.9 Å². The second kappa shape index (κ2) is 17.8. The van der Waals surface area contributed by atoms with Crippen molar-refractivity contribution in [2.45, 2.75) is 90.5 Å². The number of aromatic nitrogens is 2. The fourth-order valence-electron chi connectivity index (χ4n) is 5.66. The zero-order chi connectivity index (χ0) is 39.7. The van der Waals surface area contributed by atoms with Gasteiger partial charge >= 0.3 is 30.6 Å². The highest BCUT2D eigenvalue weighted by atomic mass is 19.4. The average Bonchev–Trinajstić information content (AvgIpc) is 3.11. The molecular weight excluding hydrogens is 727 g/mol. The second-order valence-electron chi connectivity index (χ2n) is 11.4. The smallest absolute Gasteiger partial charge is 0.416 e. The SMILES string of the molecule is CC.CCOC(=O)N1c2ccc(C(F)(F)F)cc2C(N(Cc2cc(C(F)(F)F)cc(C(F)(F)F)c2)c2ncc(OCCCC(=O)OC)cn2)CC1CC. The van der Waals surface area contributed by atoms with Gasteiger partial charge in [0.25, 0.3) is 0 Å². The highest BCUT2D eigenvalue weighted by molar-refractivity contribution is 5.90. The number of ether oxygens (including phenoxy) is 3. The lowest BCUT2D eigenvalue weighted by Gasteiger charge is -2.44. The normalized spacial score (nSPS) is 15.8. The fourth-order valence-corrected chi connectivity index (χ4v) is 5.66. The molecule has 2 heterocycles. The van der Waals surface area contributed by atoms with Gasteiger partial charge in [-0.25, -0.2) is 14.8 Å². The molecule has 0 bridgehead atoms. The van der Waals surface area contributed by atoms with Crippen LogP contribution in [0.15, 0.2) is 48.8 Å². The Morgan fingerprint density at radius 2 is 1.45 bits per heavy atom. The minimum Gasteiger partial charge on any atom is -0.490 e. The molecule has 0 N–H and O–H groups in total.